The van der Waals surface area contributed by atoms with Crippen molar-refractivity contribution in [3.63, 3.8) is 0 Å². The number of hydrogen-bond donors (Lipinski definition) is 4. The van der Waals surface area contributed by atoms with Gasteiger partial charge in [0, 0.05) is 28.5 Å². The van der Waals surface area contributed by atoms with Gasteiger partial charge in [-0.15, -0.1) is 0 Å². The molecule has 1 aromatic rings. The minimum Gasteiger partial charge on any atom is -0.462 e. The lowest BCUT2D eigenvalue weighted by molar-refractivity contribution is -0.299. The third-order valence-electron chi connectivity index (χ3n) is 13.1. The molecule has 1 aromatic carbocycles. The molecule has 6 atom stereocenters. The maximum Gasteiger partial charge on any atom is 0.308 e. The first-order valence-electron chi connectivity index (χ1n) is 27.9. The number of carbonyl (C=O) groups excluding carboxylic acids is 4. The Hall–Kier alpha value is -2.42. The number of halogens is 1. The standard InChI is InChI=1S/C55H94INO14S/c1-3-5-7-9-11-13-15-17-19-21-23-25-27-29-31-33-48(58)67-41-46(69-49(59)34-32-30-28-26-24-22-20-18-16-14-12-10-8-6-4-2)42-68-55-52(62)51(61)53(47(70-55)43-72(64,65)66)71-50(60)39-40-57-54(63)44-35-37-45(56)38-36-44/h35-38,46-47,51-53,55,61-62H,3-34,39-43H2,1-2H3,(H,57,63)(H,64,65,66)/t46?,47-,51-,52-,53-,55+/m1/s1. The number of esters is 3. The van der Waals surface area contributed by atoms with Gasteiger partial charge in [0.1, 0.15) is 30.7 Å². The number of ether oxygens (including phenoxy) is 5. The van der Waals surface area contributed by atoms with E-state index in [2.05, 4.69) is 41.8 Å². The van der Waals surface area contributed by atoms with Crippen molar-refractivity contribution in [3.05, 3.63) is 33.4 Å². The van der Waals surface area contributed by atoms with Crippen LogP contribution < -0.4 is 5.32 Å². The summed E-state index contributed by atoms with van der Waals surface area (Å²) in [5.41, 5.74) is 0.369. The fourth-order valence-electron chi connectivity index (χ4n) is 8.83. The molecule has 15 nitrogen and oxygen atoms in total. The summed E-state index contributed by atoms with van der Waals surface area (Å²) < 4.78 is 62.7. The van der Waals surface area contributed by atoms with E-state index < -0.39 is 83.1 Å². The predicted octanol–water partition coefficient (Wildman–Crippen LogP) is 11.7. The molecule has 0 saturated carbocycles. The predicted molar refractivity (Wildman–Crippen MR) is 289 cm³/mol. The van der Waals surface area contributed by atoms with Gasteiger partial charge in [-0.2, -0.15) is 8.42 Å². The number of aliphatic hydroxyl groups excluding tert-OH is 2. The van der Waals surface area contributed by atoms with Crippen LogP contribution in [0.3, 0.4) is 0 Å². The topological polar surface area (TPSA) is 221 Å². The van der Waals surface area contributed by atoms with Crippen molar-refractivity contribution in [2.45, 2.75) is 263 Å². The number of hydrogen-bond acceptors (Lipinski definition) is 13. The van der Waals surface area contributed by atoms with Crippen molar-refractivity contribution < 1.29 is 66.0 Å². The number of unbranched alkanes of at least 4 members (excludes halogenated alkanes) is 28. The smallest absolute Gasteiger partial charge is 0.308 e. The molecule has 0 bridgehead atoms. The largest absolute Gasteiger partial charge is 0.462 e. The second-order valence-corrected chi connectivity index (χ2v) is 22.5. The summed E-state index contributed by atoms with van der Waals surface area (Å²) in [6, 6.07) is 6.74. The minimum atomic E-state index is -4.78. The van der Waals surface area contributed by atoms with Gasteiger partial charge in [-0.05, 0) is 59.7 Å². The molecule has 1 aliphatic heterocycles. The van der Waals surface area contributed by atoms with Crippen LogP contribution in [0.2, 0.25) is 0 Å². The van der Waals surface area contributed by atoms with Gasteiger partial charge in [-0.3, -0.25) is 23.7 Å². The zero-order valence-corrected chi connectivity index (χ0v) is 47.0. The van der Waals surface area contributed by atoms with Crippen LogP contribution in [-0.4, -0.2) is 109 Å². The minimum absolute atomic E-state index is 0.127. The molecule has 0 aromatic heterocycles. The quantitative estimate of drug-likeness (QED) is 0.0157. The molecule has 1 amide bonds. The maximum absolute atomic E-state index is 13.1. The molecule has 17 heteroatoms. The first kappa shape index (κ1) is 65.7. The van der Waals surface area contributed by atoms with E-state index >= 15 is 0 Å². The molecule has 1 fully saturated rings. The first-order chi connectivity index (χ1) is 34.7. The summed E-state index contributed by atoms with van der Waals surface area (Å²) in [4.78, 5) is 51.2. The number of benzene rings is 1. The Bertz CT molecular complexity index is 1680. The van der Waals surface area contributed by atoms with Crippen LogP contribution in [0.15, 0.2) is 24.3 Å². The monoisotopic (exact) mass is 1150 g/mol. The summed E-state index contributed by atoms with van der Waals surface area (Å²) in [5.74, 6) is -3.53. The van der Waals surface area contributed by atoms with E-state index in [1.54, 1.807) is 24.3 Å². The summed E-state index contributed by atoms with van der Waals surface area (Å²) >= 11 is 2.10. The molecule has 2 rings (SSSR count). The fraction of sp³-hybridized carbons (Fsp3) is 0.818. The molecule has 72 heavy (non-hydrogen) atoms. The van der Waals surface area contributed by atoms with E-state index in [0.717, 1.165) is 48.5 Å². The lowest BCUT2D eigenvalue weighted by Crippen LogP contribution is -2.61. The first-order valence-corrected chi connectivity index (χ1v) is 30.6. The zero-order valence-electron chi connectivity index (χ0n) is 44.1. The number of carbonyl (C=O) groups is 4. The molecule has 4 N–H and O–H groups in total. The molecule has 0 spiro atoms. The summed E-state index contributed by atoms with van der Waals surface area (Å²) in [7, 11) is -4.78. The van der Waals surface area contributed by atoms with Crippen LogP contribution in [0, 0.1) is 3.57 Å². The molecule has 0 aliphatic carbocycles. The normalized spacial score (nSPS) is 18.4. The Labute approximate surface area is 447 Å². The van der Waals surface area contributed by atoms with Gasteiger partial charge in [0.15, 0.2) is 18.5 Å². The van der Waals surface area contributed by atoms with Crippen LogP contribution in [0.1, 0.15) is 236 Å². The summed E-state index contributed by atoms with van der Waals surface area (Å²) in [6.07, 6.45) is 25.5. The van der Waals surface area contributed by atoms with Crippen LogP contribution >= 0.6 is 22.6 Å². The second-order valence-electron chi connectivity index (χ2n) is 19.8. The third kappa shape index (κ3) is 33.5. The highest BCUT2D eigenvalue weighted by Crippen LogP contribution is 2.27. The molecule has 1 aliphatic rings. The average Bonchev–Trinajstić information content (AvgIpc) is 3.34. The average molecular weight is 1150 g/mol. The Morgan fingerprint density at radius 1 is 0.597 bits per heavy atom. The molecule has 1 heterocycles. The number of amides is 1. The second kappa shape index (κ2) is 41.8. The SMILES string of the molecule is CCCCCCCCCCCCCCCCCC(=O)OCC(CO[C@H]1O[C@H](CS(=O)(=O)O)[C@@H](OC(=O)CCNC(=O)c2ccc(I)cc2)[C@H](O)[C@H]1O)OC(=O)CCCCCCCCCCCCCCCCC. The fourth-order valence-corrected chi connectivity index (χ4v) is 9.87. The van der Waals surface area contributed by atoms with Crippen molar-refractivity contribution in [1.29, 1.82) is 0 Å². The van der Waals surface area contributed by atoms with E-state index in [0.29, 0.717) is 18.4 Å². The van der Waals surface area contributed by atoms with Crippen molar-refractivity contribution in [2.24, 2.45) is 0 Å². The van der Waals surface area contributed by atoms with Crippen LogP contribution in [0.5, 0.6) is 0 Å². The van der Waals surface area contributed by atoms with Gasteiger partial charge < -0.3 is 39.2 Å². The Kier molecular flexibility index (Phi) is 38.1. The van der Waals surface area contributed by atoms with Gasteiger partial charge in [0.2, 0.25) is 0 Å². The van der Waals surface area contributed by atoms with E-state index in [-0.39, 0.29) is 32.4 Å². The highest BCUT2D eigenvalue weighted by molar-refractivity contribution is 14.1. The van der Waals surface area contributed by atoms with Crippen LogP contribution in [-0.2, 0) is 48.2 Å². The van der Waals surface area contributed by atoms with E-state index in [1.165, 1.54) is 135 Å². The van der Waals surface area contributed by atoms with Gasteiger partial charge in [-0.25, -0.2) is 0 Å². The molecule has 0 radical (unpaired) electrons. The van der Waals surface area contributed by atoms with Crippen LogP contribution in [0.25, 0.3) is 0 Å². The van der Waals surface area contributed by atoms with Crippen molar-refractivity contribution in [1.82, 2.24) is 5.32 Å². The number of aliphatic hydroxyl groups is 2. The summed E-state index contributed by atoms with van der Waals surface area (Å²) in [5, 5.41) is 24.7. The lowest BCUT2D eigenvalue weighted by atomic mass is 9.99. The molecular formula is C55H94INO14S. The molecule has 1 saturated heterocycles. The highest BCUT2D eigenvalue weighted by Gasteiger charge is 2.49. The van der Waals surface area contributed by atoms with Crippen molar-refractivity contribution >= 4 is 56.5 Å². The van der Waals surface area contributed by atoms with E-state index in [1.807, 2.05) is 0 Å². The van der Waals surface area contributed by atoms with Gasteiger partial charge in [0.05, 0.1) is 13.0 Å². The van der Waals surface area contributed by atoms with Crippen molar-refractivity contribution in [3.8, 4) is 0 Å². The molecule has 416 valence electrons. The Balaban J connectivity index is 1.87. The van der Waals surface area contributed by atoms with Gasteiger partial charge >= 0.3 is 17.9 Å². The van der Waals surface area contributed by atoms with Crippen molar-refractivity contribution in [2.75, 3.05) is 25.5 Å². The number of rotatable bonds is 45. The van der Waals surface area contributed by atoms with Gasteiger partial charge in [0.25, 0.3) is 16.0 Å². The van der Waals surface area contributed by atoms with E-state index in [4.69, 9.17) is 23.7 Å². The molecular weight excluding hydrogens is 1060 g/mol. The lowest BCUT2D eigenvalue weighted by Gasteiger charge is -2.41. The van der Waals surface area contributed by atoms with E-state index in [9.17, 15) is 42.4 Å². The Morgan fingerprint density at radius 3 is 1.47 bits per heavy atom. The van der Waals surface area contributed by atoms with Gasteiger partial charge in [-0.1, -0.05) is 194 Å². The maximum atomic E-state index is 13.1. The summed E-state index contributed by atoms with van der Waals surface area (Å²) in [6.45, 7) is 3.49. The van der Waals surface area contributed by atoms with Crippen LogP contribution in [0.4, 0.5) is 0 Å². The zero-order chi connectivity index (χ0) is 52.7. The molecule has 1 unspecified atom stereocenters. The Morgan fingerprint density at radius 2 is 1.03 bits per heavy atom. The highest BCUT2D eigenvalue weighted by atomic mass is 127. The third-order valence-corrected chi connectivity index (χ3v) is 14.6. The number of nitrogens with one attached hydrogen (secondary N) is 1.